The highest BCUT2D eigenvalue weighted by atomic mass is 35.5. The molecule has 3 aromatic rings. The van der Waals surface area contributed by atoms with Gasteiger partial charge in [0.05, 0.1) is 11.9 Å². The van der Waals surface area contributed by atoms with Crippen LogP contribution in [0.3, 0.4) is 0 Å². The van der Waals surface area contributed by atoms with Crippen LogP contribution in [0.5, 0.6) is 5.75 Å². The molecule has 25 heavy (non-hydrogen) atoms. The molecule has 3 rings (SSSR count). The monoisotopic (exact) mass is 371 g/mol. The number of rotatable bonds is 6. The van der Waals surface area contributed by atoms with E-state index in [1.54, 1.807) is 17.6 Å². The summed E-state index contributed by atoms with van der Waals surface area (Å²) in [7, 11) is 0. The zero-order chi connectivity index (χ0) is 17.6. The molecule has 1 N–H and O–H groups in total. The highest BCUT2D eigenvalue weighted by molar-refractivity contribution is 7.15. The second-order valence-corrected chi connectivity index (χ2v) is 7.16. The number of hydrogen-bond donors (Lipinski definition) is 1. The third-order valence-corrected chi connectivity index (χ3v) is 4.81. The number of thiazole rings is 1. The second kappa shape index (κ2) is 8.14. The largest absolute Gasteiger partial charge is 0.489 e. The van der Waals surface area contributed by atoms with E-state index in [4.69, 9.17) is 16.3 Å². The van der Waals surface area contributed by atoms with Crippen molar-refractivity contribution in [3.05, 3.63) is 75.3 Å². The number of aryl methyl sites for hydroxylation is 2. The molecule has 1 aromatic heterocycles. The molecule has 0 radical (unpaired) electrons. The van der Waals surface area contributed by atoms with Gasteiger partial charge in [-0.3, -0.25) is 5.43 Å². The predicted octanol–water partition coefficient (Wildman–Crippen LogP) is 5.44. The van der Waals surface area contributed by atoms with Gasteiger partial charge in [-0.25, -0.2) is 4.98 Å². The fourth-order valence-electron chi connectivity index (χ4n) is 2.11. The van der Waals surface area contributed by atoms with E-state index in [0.717, 1.165) is 32.7 Å². The first-order valence-corrected chi connectivity index (χ1v) is 9.00. The first kappa shape index (κ1) is 17.5. The molecule has 0 saturated heterocycles. The first-order chi connectivity index (χ1) is 12.1. The summed E-state index contributed by atoms with van der Waals surface area (Å²) < 4.78 is 5.82. The molecule has 1 heterocycles. The molecule has 6 heteroatoms. The van der Waals surface area contributed by atoms with Crippen LogP contribution in [0.2, 0.25) is 5.02 Å². The second-order valence-electron chi connectivity index (χ2n) is 5.52. The lowest BCUT2D eigenvalue weighted by Gasteiger charge is -2.07. The molecule has 0 aliphatic carbocycles. The number of anilines is 1. The van der Waals surface area contributed by atoms with Gasteiger partial charge in [-0.15, -0.1) is 11.3 Å². The fraction of sp³-hybridized carbons (Fsp3) is 0.158. The van der Waals surface area contributed by atoms with E-state index in [-0.39, 0.29) is 0 Å². The maximum atomic E-state index is 5.89. The van der Waals surface area contributed by atoms with Gasteiger partial charge in [0.15, 0.2) is 0 Å². The van der Waals surface area contributed by atoms with Gasteiger partial charge < -0.3 is 4.74 Å². The third-order valence-electron chi connectivity index (χ3n) is 3.58. The zero-order valence-corrected chi connectivity index (χ0v) is 15.6. The summed E-state index contributed by atoms with van der Waals surface area (Å²) in [5.41, 5.74) is 6.01. The van der Waals surface area contributed by atoms with Crippen LogP contribution in [0.15, 0.2) is 53.6 Å². The summed E-state index contributed by atoms with van der Waals surface area (Å²) >= 11 is 7.48. The summed E-state index contributed by atoms with van der Waals surface area (Å²) in [5.74, 6) is 0.792. The summed E-state index contributed by atoms with van der Waals surface area (Å²) in [4.78, 5) is 5.58. The number of benzene rings is 2. The molecule has 0 unspecified atom stereocenters. The van der Waals surface area contributed by atoms with Crippen LogP contribution < -0.4 is 10.2 Å². The van der Waals surface area contributed by atoms with E-state index in [0.29, 0.717) is 6.61 Å². The summed E-state index contributed by atoms with van der Waals surface area (Å²) in [6.07, 6.45) is 1.75. The van der Waals surface area contributed by atoms with Gasteiger partial charge in [0.2, 0.25) is 5.13 Å². The molecule has 0 saturated carbocycles. The van der Waals surface area contributed by atoms with Gasteiger partial charge in [0.1, 0.15) is 12.4 Å². The van der Waals surface area contributed by atoms with Gasteiger partial charge in [-0.05, 0) is 49.2 Å². The molecule has 0 atom stereocenters. The zero-order valence-electron chi connectivity index (χ0n) is 14.0. The van der Waals surface area contributed by atoms with Crippen LogP contribution in [0.1, 0.15) is 21.7 Å². The molecule has 0 aliphatic rings. The summed E-state index contributed by atoms with van der Waals surface area (Å²) in [6, 6.07) is 15.4. The minimum absolute atomic E-state index is 0.494. The Labute approximate surface area is 156 Å². The SMILES string of the molecule is Cc1nc(N/N=C\c2cccc(OCc3ccc(Cl)cc3)c2)sc1C. The lowest BCUT2D eigenvalue weighted by molar-refractivity contribution is 0.306. The summed E-state index contributed by atoms with van der Waals surface area (Å²) in [6.45, 7) is 4.53. The number of ether oxygens (including phenoxy) is 1. The number of nitrogens with zero attached hydrogens (tertiary/aromatic N) is 2. The topological polar surface area (TPSA) is 46.5 Å². The van der Waals surface area contributed by atoms with Crippen LogP contribution in [0.4, 0.5) is 5.13 Å². The van der Waals surface area contributed by atoms with E-state index < -0.39 is 0 Å². The highest BCUT2D eigenvalue weighted by Crippen LogP contribution is 2.21. The Morgan fingerprint density at radius 1 is 1.20 bits per heavy atom. The standard InChI is InChI=1S/C19H18ClN3OS/c1-13-14(2)25-19(22-13)23-21-11-16-4-3-5-18(10-16)24-12-15-6-8-17(20)9-7-15/h3-11H,12H2,1-2H3,(H,22,23)/b21-11-. The average Bonchev–Trinajstić information content (AvgIpc) is 2.93. The minimum Gasteiger partial charge on any atom is -0.489 e. The van der Waals surface area contributed by atoms with Gasteiger partial charge in [-0.2, -0.15) is 5.10 Å². The number of halogens is 1. The smallest absolute Gasteiger partial charge is 0.203 e. The molecule has 0 bridgehead atoms. The average molecular weight is 372 g/mol. The molecular weight excluding hydrogens is 354 g/mol. The van der Waals surface area contributed by atoms with Crippen molar-refractivity contribution in [3.8, 4) is 5.75 Å². The molecule has 2 aromatic carbocycles. The molecule has 0 spiro atoms. The number of hydrazone groups is 1. The van der Waals surface area contributed by atoms with Gasteiger partial charge in [0.25, 0.3) is 0 Å². The molecule has 4 nitrogen and oxygen atoms in total. The van der Waals surface area contributed by atoms with E-state index >= 15 is 0 Å². The Morgan fingerprint density at radius 2 is 2.00 bits per heavy atom. The van der Waals surface area contributed by atoms with E-state index in [9.17, 15) is 0 Å². The van der Waals surface area contributed by atoms with Crippen molar-refractivity contribution >= 4 is 34.3 Å². The van der Waals surface area contributed by atoms with Crippen molar-refractivity contribution in [2.75, 3.05) is 5.43 Å². The summed E-state index contributed by atoms with van der Waals surface area (Å²) in [5, 5.41) is 5.75. The van der Waals surface area contributed by atoms with Crippen molar-refractivity contribution in [1.82, 2.24) is 4.98 Å². The fourth-order valence-corrected chi connectivity index (χ4v) is 3.00. The lowest BCUT2D eigenvalue weighted by atomic mass is 10.2. The first-order valence-electron chi connectivity index (χ1n) is 7.80. The van der Waals surface area contributed by atoms with Crippen molar-refractivity contribution in [1.29, 1.82) is 0 Å². The van der Waals surface area contributed by atoms with Gasteiger partial charge in [-0.1, -0.05) is 35.9 Å². The number of hydrogen-bond acceptors (Lipinski definition) is 5. The van der Waals surface area contributed by atoms with Crippen LogP contribution in [-0.2, 0) is 6.61 Å². The van der Waals surface area contributed by atoms with E-state index in [1.165, 1.54) is 4.88 Å². The highest BCUT2D eigenvalue weighted by Gasteiger charge is 2.01. The molecule has 0 aliphatic heterocycles. The van der Waals surface area contributed by atoms with Crippen molar-refractivity contribution in [3.63, 3.8) is 0 Å². The van der Waals surface area contributed by atoms with Gasteiger partial charge >= 0.3 is 0 Å². The van der Waals surface area contributed by atoms with E-state index in [1.807, 2.05) is 62.4 Å². The van der Waals surface area contributed by atoms with Crippen LogP contribution in [-0.4, -0.2) is 11.2 Å². The minimum atomic E-state index is 0.494. The maximum absolute atomic E-state index is 5.89. The van der Waals surface area contributed by atoms with Crippen LogP contribution >= 0.6 is 22.9 Å². The normalized spacial score (nSPS) is 11.0. The van der Waals surface area contributed by atoms with Crippen LogP contribution in [0.25, 0.3) is 0 Å². The molecule has 0 amide bonds. The Hall–Kier alpha value is -2.37. The number of nitrogens with one attached hydrogen (secondary N) is 1. The predicted molar refractivity (Wildman–Crippen MR) is 105 cm³/mol. The Morgan fingerprint density at radius 3 is 2.72 bits per heavy atom. The third kappa shape index (κ3) is 5.05. The Bertz CT molecular complexity index is 855. The molecular formula is C19H18ClN3OS. The van der Waals surface area contributed by atoms with Crippen LogP contribution in [0, 0.1) is 13.8 Å². The Kier molecular flexibility index (Phi) is 5.68. The van der Waals surface area contributed by atoms with Crippen molar-refractivity contribution in [2.45, 2.75) is 20.5 Å². The lowest BCUT2D eigenvalue weighted by Crippen LogP contribution is -1.96. The van der Waals surface area contributed by atoms with Crippen molar-refractivity contribution in [2.24, 2.45) is 5.10 Å². The van der Waals surface area contributed by atoms with E-state index in [2.05, 4.69) is 15.5 Å². The quantitative estimate of drug-likeness (QED) is 0.463. The van der Waals surface area contributed by atoms with Gasteiger partial charge in [0, 0.05) is 9.90 Å². The molecule has 128 valence electrons. The Balaban J connectivity index is 1.58. The molecule has 0 fully saturated rings. The maximum Gasteiger partial charge on any atom is 0.203 e. The number of aromatic nitrogens is 1. The van der Waals surface area contributed by atoms with Crippen molar-refractivity contribution < 1.29 is 4.74 Å².